The molecule has 0 spiro atoms. The molecule has 268 valence electrons. The summed E-state index contributed by atoms with van der Waals surface area (Å²) in [5.41, 5.74) is 13.5. The van der Waals surface area contributed by atoms with Gasteiger partial charge in [-0.25, -0.2) is 0 Å². The maximum Gasteiger partial charge on any atom is 0.0561 e. The van der Waals surface area contributed by atoms with E-state index in [9.17, 15) is 0 Å². The minimum atomic E-state index is 0.251. The van der Waals surface area contributed by atoms with Crippen molar-refractivity contribution in [3.63, 3.8) is 0 Å². The summed E-state index contributed by atoms with van der Waals surface area (Å²) in [5, 5.41) is 2.56. The molecule has 7 aromatic rings. The molecular weight excluding hydrogens is 653 g/mol. The summed E-state index contributed by atoms with van der Waals surface area (Å²) < 4.78 is 2.43. The van der Waals surface area contributed by atoms with Crippen molar-refractivity contribution in [2.24, 2.45) is 11.8 Å². The van der Waals surface area contributed by atoms with E-state index in [0.29, 0.717) is 5.41 Å². The van der Waals surface area contributed by atoms with Gasteiger partial charge in [0.1, 0.15) is 0 Å². The lowest BCUT2D eigenvalue weighted by Gasteiger charge is -2.63. The van der Waals surface area contributed by atoms with Crippen LogP contribution in [0.2, 0.25) is 0 Å². The summed E-state index contributed by atoms with van der Waals surface area (Å²) in [6, 6.07) is 55.2. The molecule has 0 N–H and O–H groups in total. The standard InChI is InChI=1S/C52H50N2/c1-3-5-11-38-18-24-44(25-19-38)53(46-28-29-48-47-14-9-10-15-49(47)54(50(48)31-46)43-12-7-6-8-13-43)45-26-22-42(23-27-45)52-34-39-30-40(35-52)33-51(32-39,36-52)41-20-16-37(4-2)17-21-41/h4,6-10,12-29,31,39-40H,2-3,5,11,30,32-36H2,1H3. The molecule has 1 aromatic heterocycles. The number of anilines is 3. The Labute approximate surface area is 320 Å². The van der Waals surface area contributed by atoms with E-state index in [2.05, 4.69) is 169 Å². The van der Waals surface area contributed by atoms with E-state index in [0.717, 1.165) is 18.3 Å². The minimum Gasteiger partial charge on any atom is -0.310 e. The van der Waals surface area contributed by atoms with Crippen LogP contribution in [-0.4, -0.2) is 4.57 Å². The van der Waals surface area contributed by atoms with Gasteiger partial charge in [0, 0.05) is 33.5 Å². The van der Waals surface area contributed by atoms with E-state index in [4.69, 9.17) is 0 Å². The number of rotatable bonds is 10. The van der Waals surface area contributed by atoms with Crippen molar-refractivity contribution in [3.8, 4) is 5.69 Å². The van der Waals surface area contributed by atoms with Crippen molar-refractivity contribution in [3.05, 3.63) is 174 Å². The highest BCUT2D eigenvalue weighted by molar-refractivity contribution is 6.10. The third-order valence-electron chi connectivity index (χ3n) is 13.5. The van der Waals surface area contributed by atoms with Crippen LogP contribution in [0.25, 0.3) is 33.6 Å². The monoisotopic (exact) mass is 702 g/mol. The summed E-state index contributed by atoms with van der Waals surface area (Å²) in [5.74, 6) is 1.63. The molecule has 0 amide bonds. The summed E-state index contributed by atoms with van der Waals surface area (Å²) in [6.07, 6.45) is 13.6. The number of unbranched alkanes of at least 4 members (excludes halogenated alkanes) is 1. The molecule has 6 aromatic carbocycles. The predicted molar refractivity (Wildman–Crippen MR) is 229 cm³/mol. The lowest BCUT2D eigenvalue weighted by atomic mass is 9.42. The van der Waals surface area contributed by atoms with Gasteiger partial charge in [-0.15, -0.1) is 0 Å². The average molecular weight is 703 g/mol. The smallest absolute Gasteiger partial charge is 0.0561 e. The maximum atomic E-state index is 4.01. The van der Waals surface area contributed by atoms with Gasteiger partial charge < -0.3 is 9.47 Å². The maximum absolute atomic E-state index is 4.01. The van der Waals surface area contributed by atoms with Crippen LogP contribution >= 0.6 is 0 Å². The average Bonchev–Trinajstić information content (AvgIpc) is 3.54. The van der Waals surface area contributed by atoms with E-state index in [1.165, 1.54) is 107 Å². The second-order valence-electron chi connectivity index (χ2n) is 16.9. The van der Waals surface area contributed by atoms with Crippen LogP contribution in [0.15, 0.2) is 152 Å². The third kappa shape index (κ3) is 5.53. The Morgan fingerprint density at radius 1 is 0.630 bits per heavy atom. The normalized spacial score (nSPS) is 22.9. The Kier molecular flexibility index (Phi) is 8.13. The van der Waals surface area contributed by atoms with Crippen LogP contribution in [0.4, 0.5) is 17.1 Å². The van der Waals surface area contributed by atoms with Gasteiger partial charge in [0.2, 0.25) is 0 Å². The van der Waals surface area contributed by atoms with Crippen LogP contribution in [0, 0.1) is 11.8 Å². The van der Waals surface area contributed by atoms with Crippen molar-refractivity contribution >= 4 is 44.9 Å². The number of aryl methyl sites for hydroxylation is 1. The van der Waals surface area contributed by atoms with Crippen molar-refractivity contribution in [2.45, 2.75) is 75.5 Å². The highest BCUT2D eigenvalue weighted by Gasteiger charge is 2.58. The number of hydrogen-bond donors (Lipinski definition) is 0. The van der Waals surface area contributed by atoms with E-state index >= 15 is 0 Å². The van der Waals surface area contributed by atoms with E-state index < -0.39 is 0 Å². The van der Waals surface area contributed by atoms with Crippen molar-refractivity contribution in [1.82, 2.24) is 4.57 Å². The zero-order valence-electron chi connectivity index (χ0n) is 31.6. The molecule has 11 rings (SSSR count). The molecule has 4 aliphatic rings. The van der Waals surface area contributed by atoms with Gasteiger partial charge in [-0.05, 0) is 151 Å². The number of aromatic nitrogens is 1. The Bertz CT molecular complexity index is 2440. The molecule has 0 saturated heterocycles. The first-order chi connectivity index (χ1) is 26.5. The Morgan fingerprint density at radius 2 is 1.20 bits per heavy atom. The van der Waals surface area contributed by atoms with Crippen molar-refractivity contribution in [2.75, 3.05) is 4.90 Å². The van der Waals surface area contributed by atoms with E-state index in [-0.39, 0.29) is 5.41 Å². The molecule has 2 unspecified atom stereocenters. The number of benzene rings is 6. The highest BCUT2D eigenvalue weighted by Crippen LogP contribution is 2.66. The SMILES string of the molecule is C=Cc1ccc(C23CC4CC(C2)CC(c2ccc(N(c5ccc(CCCC)cc5)c5ccc6c7ccccc7n(-c7ccccc7)c6c5)cc2)(C4)C3)cc1. The Balaban J connectivity index is 1.07. The number of nitrogens with zero attached hydrogens (tertiary/aromatic N) is 2. The predicted octanol–water partition coefficient (Wildman–Crippen LogP) is 14.0. The van der Waals surface area contributed by atoms with Gasteiger partial charge in [-0.1, -0.05) is 117 Å². The Morgan fingerprint density at radius 3 is 1.85 bits per heavy atom. The zero-order chi connectivity index (χ0) is 36.3. The lowest BCUT2D eigenvalue weighted by Crippen LogP contribution is -2.55. The fraction of sp³-hybridized carbons (Fsp3) is 0.269. The molecule has 2 atom stereocenters. The van der Waals surface area contributed by atoms with Crippen LogP contribution in [-0.2, 0) is 17.3 Å². The fourth-order valence-corrected chi connectivity index (χ4v) is 11.5. The van der Waals surface area contributed by atoms with E-state index in [1.807, 2.05) is 6.08 Å². The van der Waals surface area contributed by atoms with Crippen LogP contribution < -0.4 is 4.90 Å². The van der Waals surface area contributed by atoms with Gasteiger partial charge in [-0.2, -0.15) is 0 Å². The quantitative estimate of drug-likeness (QED) is 0.138. The molecule has 54 heavy (non-hydrogen) atoms. The van der Waals surface area contributed by atoms with Crippen molar-refractivity contribution in [1.29, 1.82) is 0 Å². The fourth-order valence-electron chi connectivity index (χ4n) is 11.5. The number of para-hydroxylation sites is 2. The molecule has 2 heteroatoms. The summed E-state index contributed by atoms with van der Waals surface area (Å²) in [6.45, 7) is 6.28. The molecule has 0 radical (unpaired) electrons. The number of hydrogen-bond acceptors (Lipinski definition) is 1. The van der Waals surface area contributed by atoms with Crippen LogP contribution in [0.1, 0.15) is 80.5 Å². The van der Waals surface area contributed by atoms with Crippen molar-refractivity contribution < 1.29 is 0 Å². The van der Waals surface area contributed by atoms with E-state index in [1.54, 1.807) is 11.1 Å². The van der Waals surface area contributed by atoms with Gasteiger partial charge in [-0.3, -0.25) is 0 Å². The first kappa shape index (κ1) is 33.2. The molecular formula is C52H50N2. The molecule has 4 saturated carbocycles. The first-order valence-corrected chi connectivity index (χ1v) is 20.4. The Hall–Kier alpha value is -5.34. The number of fused-ring (bicyclic) bond motifs is 3. The molecule has 0 aliphatic heterocycles. The molecule has 4 fully saturated rings. The van der Waals surface area contributed by atoms with Gasteiger partial charge in [0.25, 0.3) is 0 Å². The summed E-state index contributed by atoms with van der Waals surface area (Å²) in [4.78, 5) is 2.47. The largest absolute Gasteiger partial charge is 0.310 e. The minimum absolute atomic E-state index is 0.251. The molecule has 1 heterocycles. The summed E-state index contributed by atoms with van der Waals surface area (Å²) >= 11 is 0. The van der Waals surface area contributed by atoms with Gasteiger partial charge >= 0.3 is 0 Å². The lowest BCUT2D eigenvalue weighted by molar-refractivity contribution is -0.0281. The van der Waals surface area contributed by atoms with Gasteiger partial charge in [0.05, 0.1) is 11.0 Å². The molecule has 4 aliphatic carbocycles. The summed E-state index contributed by atoms with van der Waals surface area (Å²) in [7, 11) is 0. The molecule has 4 bridgehead atoms. The third-order valence-corrected chi connectivity index (χ3v) is 13.5. The topological polar surface area (TPSA) is 8.17 Å². The molecule has 2 nitrogen and oxygen atoms in total. The zero-order valence-corrected chi connectivity index (χ0v) is 31.6. The first-order valence-electron chi connectivity index (χ1n) is 20.4. The second kappa shape index (κ2) is 13.2. The van der Waals surface area contributed by atoms with Gasteiger partial charge in [0.15, 0.2) is 0 Å². The second-order valence-corrected chi connectivity index (χ2v) is 16.9. The van der Waals surface area contributed by atoms with Crippen LogP contribution in [0.5, 0.6) is 0 Å². The van der Waals surface area contributed by atoms with Crippen LogP contribution in [0.3, 0.4) is 0 Å². The highest BCUT2D eigenvalue weighted by atomic mass is 15.1.